The van der Waals surface area contributed by atoms with Crippen LogP contribution < -0.4 is 16.4 Å². The van der Waals surface area contributed by atoms with Crippen LogP contribution >= 0.6 is 12.2 Å². The Morgan fingerprint density at radius 3 is 2.60 bits per heavy atom. The Hall–Kier alpha value is -1.69. The molecule has 2 rings (SSSR count). The van der Waals surface area contributed by atoms with E-state index in [2.05, 4.69) is 33.7 Å². The Morgan fingerprint density at radius 1 is 1.40 bits per heavy atom. The number of rotatable bonds is 1. The number of aliphatic imine (C=N–C) groups is 1. The molecule has 0 fully saturated rings. The summed E-state index contributed by atoms with van der Waals surface area (Å²) in [5, 5.41) is 0.000000000000000222. The first kappa shape index (κ1) is 11.4. The molecule has 0 radical (unpaired) electrons. The van der Waals surface area contributed by atoms with Gasteiger partial charge in [0.2, 0.25) is 0 Å². The van der Waals surface area contributed by atoms with Gasteiger partial charge in [0.15, 0.2) is 5.11 Å². The second kappa shape index (κ2) is 5.92. The van der Waals surface area contributed by atoms with E-state index in [0.717, 1.165) is 18.9 Å². The molecule has 0 saturated carbocycles. The van der Waals surface area contributed by atoms with Crippen LogP contribution in [0.1, 0.15) is 0 Å². The fraction of sp³-hybridized carbons (Fsp3) is 0.222. The largest absolute Gasteiger partial charge is 0.377 e. The van der Waals surface area contributed by atoms with Gasteiger partial charge in [-0.15, -0.1) is 0 Å². The topological polar surface area (TPSA) is 80.5 Å². The maximum atomic E-state index is 4.62. The van der Waals surface area contributed by atoms with E-state index in [1.54, 1.807) is 6.20 Å². The van der Waals surface area contributed by atoms with Crippen molar-refractivity contribution in [1.82, 2.24) is 4.98 Å². The highest BCUT2D eigenvalue weighted by molar-refractivity contribution is 7.80. The van der Waals surface area contributed by atoms with Gasteiger partial charge in [-0.1, -0.05) is 6.07 Å². The molecule has 0 atom stereocenters. The van der Waals surface area contributed by atoms with Gasteiger partial charge >= 0.3 is 0 Å². The maximum Gasteiger partial charge on any atom is 0.160 e. The lowest BCUT2D eigenvalue weighted by Gasteiger charge is -2.10. The van der Waals surface area contributed by atoms with Crippen molar-refractivity contribution >= 4 is 29.5 Å². The molecule has 1 aromatic heterocycles. The summed E-state index contributed by atoms with van der Waals surface area (Å²) in [6.07, 6.45) is 3.63. The molecular weight excluding hydrogens is 210 g/mol. The molecule has 1 aliphatic rings. The SMILES string of the molecule is C1=NCCN1c1ccccn1.NC(N)=S. The molecule has 1 aromatic rings. The zero-order valence-corrected chi connectivity index (χ0v) is 9.02. The molecule has 0 aliphatic carbocycles. The molecule has 0 unspecified atom stereocenters. The fourth-order valence-electron chi connectivity index (χ4n) is 1.08. The minimum Gasteiger partial charge on any atom is -0.377 e. The number of aromatic nitrogens is 1. The first-order valence-electron chi connectivity index (χ1n) is 4.42. The maximum absolute atomic E-state index is 4.62. The molecule has 0 aromatic carbocycles. The highest BCUT2D eigenvalue weighted by Crippen LogP contribution is 2.08. The van der Waals surface area contributed by atoms with Gasteiger partial charge in [-0.2, -0.15) is 0 Å². The third-order valence-corrected chi connectivity index (χ3v) is 1.63. The van der Waals surface area contributed by atoms with E-state index in [-0.39, 0.29) is 5.11 Å². The minimum absolute atomic E-state index is 0.000000000000000222. The van der Waals surface area contributed by atoms with Gasteiger partial charge < -0.3 is 16.4 Å². The van der Waals surface area contributed by atoms with E-state index in [1.807, 2.05) is 29.4 Å². The van der Waals surface area contributed by atoms with Crippen LogP contribution in [-0.2, 0) is 0 Å². The van der Waals surface area contributed by atoms with Gasteiger partial charge in [0.05, 0.1) is 12.9 Å². The summed E-state index contributed by atoms with van der Waals surface area (Å²) in [4.78, 5) is 10.3. The Balaban J connectivity index is 0.000000245. The second-order valence-electron chi connectivity index (χ2n) is 2.81. The lowest BCUT2D eigenvalue weighted by Crippen LogP contribution is -2.18. The number of pyridine rings is 1. The minimum atomic E-state index is 0.000000000000000222. The molecule has 5 nitrogen and oxygen atoms in total. The van der Waals surface area contributed by atoms with Crippen LogP contribution in [0.15, 0.2) is 29.4 Å². The van der Waals surface area contributed by atoms with Gasteiger partial charge in [-0.25, -0.2) is 4.98 Å². The van der Waals surface area contributed by atoms with Crippen molar-refractivity contribution in [3.63, 3.8) is 0 Å². The molecule has 0 saturated heterocycles. The van der Waals surface area contributed by atoms with Crippen molar-refractivity contribution in [3.8, 4) is 0 Å². The predicted octanol–water partition coefficient (Wildman–Crippen LogP) is 0.119. The van der Waals surface area contributed by atoms with Crippen LogP contribution in [0.25, 0.3) is 0 Å². The smallest absolute Gasteiger partial charge is 0.160 e. The van der Waals surface area contributed by atoms with E-state index in [1.165, 1.54) is 0 Å². The zero-order valence-electron chi connectivity index (χ0n) is 8.21. The summed E-state index contributed by atoms with van der Waals surface area (Å²) in [6.45, 7) is 1.84. The molecular formula is C9H13N5S. The molecule has 0 bridgehead atoms. The van der Waals surface area contributed by atoms with E-state index in [0.29, 0.717) is 0 Å². The van der Waals surface area contributed by atoms with Crippen molar-refractivity contribution in [2.24, 2.45) is 16.5 Å². The van der Waals surface area contributed by atoms with Gasteiger partial charge in [0.25, 0.3) is 0 Å². The van der Waals surface area contributed by atoms with Gasteiger partial charge in [-0.3, -0.25) is 4.99 Å². The summed E-state index contributed by atoms with van der Waals surface area (Å²) in [7, 11) is 0. The normalized spacial score (nSPS) is 13.2. The Kier molecular flexibility index (Phi) is 4.49. The van der Waals surface area contributed by atoms with E-state index >= 15 is 0 Å². The third kappa shape index (κ3) is 4.37. The highest BCUT2D eigenvalue weighted by atomic mass is 32.1. The van der Waals surface area contributed by atoms with Crippen LogP contribution in [0.4, 0.5) is 5.82 Å². The molecule has 80 valence electrons. The first-order valence-corrected chi connectivity index (χ1v) is 4.83. The summed E-state index contributed by atoms with van der Waals surface area (Å²) in [5.74, 6) is 0.980. The molecule has 4 N–H and O–H groups in total. The number of anilines is 1. The van der Waals surface area contributed by atoms with Crippen molar-refractivity contribution in [2.75, 3.05) is 18.0 Å². The molecule has 15 heavy (non-hydrogen) atoms. The first-order chi connectivity index (χ1) is 7.20. The highest BCUT2D eigenvalue weighted by Gasteiger charge is 2.06. The van der Waals surface area contributed by atoms with Crippen LogP contribution in [0, 0.1) is 0 Å². The Labute approximate surface area is 93.8 Å². The van der Waals surface area contributed by atoms with E-state index in [9.17, 15) is 0 Å². The van der Waals surface area contributed by atoms with E-state index < -0.39 is 0 Å². The van der Waals surface area contributed by atoms with Crippen LogP contribution in [0.2, 0.25) is 0 Å². The number of nitrogens with two attached hydrogens (primary N) is 2. The average molecular weight is 223 g/mol. The summed E-state index contributed by atoms with van der Waals surface area (Å²) in [6, 6.07) is 5.88. The van der Waals surface area contributed by atoms with E-state index in [4.69, 9.17) is 0 Å². The third-order valence-electron chi connectivity index (χ3n) is 1.63. The van der Waals surface area contributed by atoms with Gasteiger partial charge in [0.1, 0.15) is 5.82 Å². The summed E-state index contributed by atoms with van der Waals surface area (Å²) < 4.78 is 0. The van der Waals surface area contributed by atoms with Crippen LogP contribution in [0.5, 0.6) is 0 Å². The Morgan fingerprint density at radius 2 is 2.13 bits per heavy atom. The van der Waals surface area contributed by atoms with Crippen molar-refractivity contribution in [1.29, 1.82) is 0 Å². The average Bonchev–Trinajstić information content (AvgIpc) is 2.71. The number of nitrogens with zero attached hydrogens (tertiary/aromatic N) is 3. The molecule has 0 spiro atoms. The molecule has 2 heterocycles. The fourth-order valence-corrected chi connectivity index (χ4v) is 1.08. The van der Waals surface area contributed by atoms with Gasteiger partial charge in [-0.05, 0) is 24.4 Å². The lowest BCUT2D eigenvalue weighted by atomic mass is 10.4. The van der Waals surface area contributed by atoms with Crippen LogP contribution in [0.3, 0.4) is 0 Å². The summed E-state index contributed by atoms with van der Waals surface area (Å²) >= 11 is 4.09. The standard InChI is InChI=1S/C8H9N3.CH4N2S/c1-2-4-10-8(3-1)11-6-5-9-7-11;2-1(3)4/h1-4,7H,5-6H2;(H4,2,3,4). The zero-order chi connectivity index (χ0) is 11.1. The van der Waals surface area contributed by atoms with Gasteiger partial charge in [0, 0.05) is 12.7 Å². The van der Waals surface area contributed by atoms with Crippen molar-refractivity contribution in [3.05, 3.63) is 24.4 Å². The number of thiocarbonyl (C=S) groups is 1. The monoisotopic (exact) mass is 223 g/mol. The number of hydrogen-bond donors (Lipinski definition) is 2. The summed E-state index contributed by atoms with van der Waals surface area (Å²) in [5.41, 5.74) is 9.24. The van der Waals surface area contributed by atoms with Crippen molar-refractivity contribution < 1.29 is 0 Å². The second-order valence-corrected chi connectivity index (χ2v) is 3.28. The van der Waals surface area contributed by atoms with Crippen LogP contribution in [-0.4, -0.2) is 29.5 Å². The molecule has 1 aliphatic heterocycles. The predicted molar refractivity (Wildman–Crippen MR) is 65.9 cm³/mol. The van der Waals surface area contributed by atoms with Crippen molar-refractivity contribution in [2.45, 2.75) is 0 Å². The lowest BCUT2D eigenvalue weighted by molar-refractivity contribution is 1.00. The quantitative estimate of drug-likeness (QED) is 0.661. The molecule has 0 amide bonds. The molecule has 6 heteroatoms. The number of hydrogen-bond acceptors (Lipinski definition) is 4. The Bertz CT molecular complexity index is 334.